The zero-order chi connectivity index (χ0) is 32.3. The van der Waals surface area contributed by atoms with Crippen LogP contribution in [0.25, 0.3) is 0 Å². The highest BCUT2D eigenvalue weighted by Gasteiger charge is 2.42. The summed E-state index contributed by atoms with van der Waals surface area (Å²) in [6, 6.07) is -1.35. The number of aliphatic hydroxyl groups excluding tert-OH is 1. The van der Waals surface area contributed by atoms with E-state index in [0.717, 1.165) is 26.1 Å². The third-order valence-corrected chi connectivity index (χ3v) is 6.77. The van der Waals surface area contributed by atoms with E-state index in [4.69, 9.17) is 9.47 Å². The molecule has 2 heterocycles. The zero-order valence-corrected chi connectivity index (χ0v) is 23.2. The molecule has 43 heavy (non-hydrogen) atoms. The van der Waals surface area contributed by atoms with Gasteiger partial charge in [-0.05, 0) is 26.0 Å². The highest BCUT2D eigenvalue weighted by Crippen LogP contribution is 2.26. The lowest BCUT2D eigenvalue weighted by atomic mass is 9.91. The van der Waals surface area contributed by atoms with Crippen LogP contribution in [0.15, 0.2) is 18.3 Å². The summed E-state index contributed by atoms with van der Waals surface area (Å²) in [6.45, 7) is 5.20. The second-order valence-electron chi connectivity index (χ2n) is 10.2. The molecule has 0 radical (unpaired) electrons. The van der Waals surface area contributed by atoms with Crippen molar-refractivity contribution in [2.45, 2.75) is 64.5 Å². The van der Waals surface area contributed by atoms with E-state index in [2.05, 4.69) is 15.6 Å². The highest BCUT2D eigenvalue weighted by molar-refractivity contribution is 5.98. The lowest BCUT2D eigenvalue weighted by Gasteiger charge is -2.33. The van der Waals surface area contributed by atoms with Gasteiger partial charge in [-0.2, -0.15) is 0 Å². The van der Waals surface area contributed by atoms with Gasteiger partial charge in [-0.15, -0.1) is 0 Å². The quantitative estimate of drug-likeness (QED) is 0.170. The Hall–Kier alpha value is -4.34. The number of nitrogens with zero attached hydrogens (tertiary/aromatic N) is 1. The van der Waals surface area contributed by atoms with Gasteiger partial charge in [-0.1, -0.05) is 13.8 Å². The lowest BCUT2D eigenvalue weighted by molar-refractivity contribution is -0.180. The molecule has 0 bridgehead atoms. The summed E-state index contributed by atoms with van der Waals surface area (Å²) >= 11 is 0. The summed E-state index contributed by atoms with van der Waals surface area (Å²) < 4.78 is 81.2. The smallest absolute Gasteiger partial charge is 0.348 e. The molecule has 234 valence electrons. The predicted molar refractivity (Wildman–Crippen MR) is 134 cm³/mol. The minimum Gasteiger partial charge on any atom is -0.505 e. The minimum absolute atomic E-state index is 0.541. The van der Waals surface area contributed by atoms with Gasteiger partial charge in [-0.3, -0.25) is 14.4 Å². The largest absolute Gasteiger partial charge is 0.505 e. The maximum atomic E-state index is 14.6. The molecule has 1 unspecified atom stereocenters. The van der Waals surface area contributed by atoms with Gasteiger partial charge in [0.1, 0.15) is 17.9 Å². The molecule has 1 fully saturated rings. The van der Waals surface area contributed by atoms with Crippen molar-refractivity contribution in [2.75, 3.05) is 0 Å². The summed E-state index contributed by atoms with van der Waals surface area (Å²) in [5.74, 6) is -19.1. The Morgan fingerprint density at radius 2 is 1.58 bits per heavy atom. The molecule has 2 amide bonds. The number of esters is 2. The predicted octanol–water partition coefficient (Wildman–Crippen LogP) is 1.82. The minimum atomic E-state index is -2.44. The number of carbonyl (C=O) groups is 4. The second-order valence-corrected chi connectivity index (χ2v) is 10.2. The number of aromatic hydroxyl groups is 1. The molecule has 1 aliphatic rings. The van der Waals surface area contributed by atoms with Crippen molar-refractivity contribution in [3.05, 3.63) is 58.7 Å². The third-order valence-electron chi connectivity index (χ3n) is 6.77. The van der Waals surface area contributed by atoms with Gasteiger partial charge in [-0.25, -0.2) is 31.7 Å². The van der Waals surface area contributed by atoms with E-state index in [1.165, 1.54) is 19.9 Å². The molecule has 6 atom stereocenters. The first kappa shape index (κ1) is 33.2. The molecular weight excluding hydrogens is 589 g/mol. The summed E-state index contributed by atoms with van der Waals surface area (Å²) in [5, 5.41) is 25.3. The van der Waals surface area contributed by atoms with Crippen LogP contribution in [0.4, 0.5) is 22.0 Å². The van der Waals surface area contributed by atoms with Gasteiger partial charge in [0.05, 0.1) is 18.1 Å². The van der Waals surface area contributed by atoms with Crippen LogP contribution in [-0.4, -0.2) is 69.3 Å². The van der Waals surface area contributed by atoms with Crippen LogP contribution < -0.4 is 10.6 Å². The average Bonchev–Trinajstić information content (AvgIpc) is 2.96. The number of ether oxygens (including phenoxy) is 2. The summed E-state index contributed by atoms with van der Waals surface area (Å²) in [5.41, 5.74) is -1.95. The van der Waals surface area contributed by atoms with Crippen LogP contribution in [-0.2, 0) is 30.3 Å². The molecular formula is C27H28F5N3O8. The maximum Gasteiger partial charge on any atom is 0.348 e. The van der Waals surface area contributed by atoms with Crippen LogP contribution >= 0.6 is 0 Å². The fourth-order valence-electron chi connectivity index (χ4n) is 4.25. The van der Waals surface area contributed by atoms with Crippen molar-refractivity contribution in [3.8, 4) is 5.75 Å². The van der Waals surface area contributed by atoms with Gasteiger partial charge in [0.25, 0.3) is 5.91 Å². The van der Waals surface area contributed by atoms with Crippen LogP contribution in [0, 0.1) is 40.9 Å². The first-order valence-corrected chi connectivity index (χ1v) is 12.9. The molecule has 16 heteroatoms. The van der Waals surface area contributed by atoms with Gasteiger partial charge < -0.3 is 30.3 Å². The van der Waals surface area contributed by atoms with Crippen LogP contribution in [0.1, 0.15) is 43.7 Å². The normalized spacial score (nSPS) is 25.2. The van der Waals surface area contributed by atoms with E-state index in [1.807, 2.05) is 0 Å². The lowest BCUT2D eigenvalue weighted by Crippen LogP contribution is -2.59. The third kappa shape index (κ3) is 7.01. The number of aliphatic hydroxyl groups is 1. The Bertz CT molecular complexity index is 1400. The van der Waals surface area contributed by atoms with Gasteiger partial charge in [0.2, 0.25) is 17.8 Å². The number of carbonyl (C=O) groups excluding carboxylic acids is 4. The Balaban J connectivity index is 2.10. The molecule has 3 rings (SSSR count). The number of benzene rings is 1. The van der Waals surface area contributed by atoms with Gasteiger partial charge >= 0.3 is 11.9 Å². The molecule has 2 aromatic rings. The number of pyridine rings is 1. The Labute approximate surface area is 241 Å². The topological polar surface area (TPSA) is 164 Å². The number of nitrogens with one attached hydrogen (secondary N) is 2. The standard InChI is InChI=1S/C27H28F5N3O8/c1-9(2)23-27(41)42-11(4)20(35-25(39)21-14(36)6-5-7-33-21)24(38)34-13(22(37)10(3)26(40)43-23)8-12-15(28)17(30)19(32)18(31)16(12)29/h5-7,9-11,13,20,22-23,36-37H,8H2,1-4H3,(H,34,38)(H,35,39)/t10-,11-,13+,20+,22+,23?/m1/s1. The number of hydrogen-bond acceptors (Lipinski definition) is 9. The van der Waals surface area contributed by atoms with E-state index in [-0.39, 0.29) is 0 Å². The number of aromatic nitrogens is 1. The SMILES string of the molecule is CC(C)C1OC(=O)[C@H](C)[C@H](O)[C@H](Cc2c(F)c(F)c(F)c(F)c2F)NC(=O)[C@@H](NC(=O)c2ncccc2O)[C@@H](C)OC1=O. The highest BCUT2D eigenvalue weighted by atomic mass is 19.2. The summed E-state index contributed by atoms with van der Waals surface area (Å²) in [4.78, 5) is 55.8. The molecule has 11 nitrogen and oxygen atoms in total. The first-order chi connectivity index (χ1) is 20.1. The number of amides is 2. The van der Waals surface area contributed by atoms with Gasteiger partial charge in [0.15, 0.2) is 29.0 Å². The molecule has 1 aromatic heterocycles. The number of rotatable bonds is 5. The Morgan fingerprint density at radius 3 is 2.14 bits per heavy atom. The van der Waals surface area contributed by atoms with E-state index < -0.39 is 118 Å². The molecule has 1 saturated heterocycles. The van der Waals surface area contributed by atoms with Crippen molar-refractivity contribution in [1.82, 2.24) is 15.6 Å². The maximum absolute atomic E-state index is 14.6. The van der Waals surface area contributed by atoms with Crippen molar-refractivity contribution < 1.29 is 60.8 Å². The van der Waals surface area contributed by atoms with E-state index in [1.54, 1.807) is 0 Å². The molecule has 1 aromatic carbocycles. The summed E-state index contributed by atoms with van der Waals surface area (Å²) in [6.07, 6.45) is -5.28. The first-order valence-electron chi connectivity index (χ1n) is 12.9. The molecule has 0 aliphatic carbocycles. The molecule has 4 N–H and O–H groups in total. The average molecular weight is 618 g/mol. The monoisotopic (exact) mass is 617 g/mol. The summed E-state index contributed by atoms with van der Waals surface area (Å²) in [7, 11) is 0. The van der Waals surface area contributed by atoms with Crippen LogP contribution in [0.2, 0.25) is 0 Å². The molecule has 0 spiro atoms. The van der Waals surface area contributed by atoms with Crippen molar-refractivity contribution >= 4 is 23.8 Å². The fourth-order valence-corrected chi connectivity index (χ4v) is 4.25. The molecule has 0 saturated carbocycles. The van der Waals surface area contributed by atoms with Crippen molar-refractivity contribution in [1.29, 1.82) is 0 Å². The zero-order valence-electron chi connectivity index (χ0n) is 23.2. The van der Waals surface area contributed by atoms with Gasteiger partial charge in [0, 0.05) is 24.1 Å². The van der Waals surface area contributed by atoms with Crippen LogP contribution in [0.3, 0.4) is 0 Å². The van der Waals surface area contributed by atoms with Crippen molar-refractivity contribution in [2.24, 2.45) is 11.8 Å². The Morgan fingerprint density at radius 1 is 1.00 bits per heavy atom. The molecule has 1 aliphatic heterocycles. The Kier molecular flexibility index (Phi) is 10.3. The van der Waals surface area contributed by atoms with E-state index >= 15 is 0 Å². The number of hydrogen-bond donors (Lipinski definition) is 4. The van der Waals surface area contributed by atoms with E-state index in [0.29, 0.717) is 0 Å². The number of cyclic esters (lactones) is 2. The van der Waals surface area contributed by atoms with E-state index in [9.17, 15) is 51.3 Å². The second kappa shape index (κ2) is 13.3. The fraction of sp³-hybridized carbons (Fsp3) is 0.444. The van der Waals surface area contributed by atoms with Crippen LogP contribution in [0.5, 0.6) is 5.75 Å². The number of halogens is 5. The van der Waals surface area contributed by atoms with Crippen molar-refractivity contribution in [3.63, 3.8) is 0 Å².